The lowest BCUT2D eigenvalue weighted by Crippen LogP contribution is -2.41. The van der Waals surface area contributed by atoms with E-state index in [1.807, 2.05) is 19.0 Å². The molecule has 2 unspecified atom stereocenters. The number of nitrogens with zero attached hydrogens (tertiary/aromatic N) is 2. The highest BCUT2D eigenvalue weighted by Crippen LogP contribution is 2.33. The average molecular weight is 323 g/mol. The summed E-state index contributed by atoms with van der Waals surface area (Å²) in [5.41, 5.74) is 0.425. The number of halogens is 2. The van der Waals surface area contributed by atoms with Crippen molar-refractivity contribution >= 4 is 40.4 Å². The normalized spacial score (nSPS) is 23.4. The van der Waals surface area contributed by atoms with Crippen LogP contribution in [0.5, 0.6) is 0 Å². The molecule has 106 valence electrons. The monoisotopic (exact) mass is 322 g/mol. The number of β-amino-alcohol motifs (C(OH)–C–C–N with tert-alkyl or cyclic N) is 1. The van der Waals surface area contributed by atoms with E-state index in [2.05, 4.69) is 0 Å². The van der Waals surface area contributed by atoms with Crippen molar-refractivity contribution in [2.24, 2.45) is 0 Å². The molecule has 1 aromatic heterocycles. The number of carbonyl (C=O) groups is 1. The number of hydrogen-bond acceptors (Lipinski definition) is 4. The van der Waals surface area contributed by atoms with Gasteiger partial charge in [-0.2, -0.15) is 0 Å². The number of aliphatic hydroxyl groups excluding tert-OH is 1. The standard InChI is InChI=1S/C12H16Cl2N2O2S/c1-15(2)5-7-3-8(17)6-16(7)12(18)9-4-10(13)19-11(9)14/h4,7-8,17H,3,5-6H2,1-2H3. The molecule has 4 nitrogen and oxygen atoms in total. The lowest BCUT2D eigenvalue weighted by Gasteiger charge is -2.26. The molecule has 1 N–H and O–H groups in total. The fourth-order valence-corrected chi connectivity index (χ4v) is 3.82. The molecule has 1 fully saturated rings. The smallest absolute Gasteiger partial charge is 0.256 e. The minimum absolute atomic E-state index is 0.00671. The zero-order valence-corrected chi connectivity index (χ0v) is 13.1. The Morgan fingerprint density at radius 3 is 2.79 bits per heavy atom. The third kappa shape index (κ3) is 3.41. The first-order chi connectivity index (χ1) is 8.88. The minimum atomic E-state index is -0.471. The summed E-state index contributed by atoms with van der Waals surface area (Å²) in [6.45, 7) is 1.07. The third-order valence-electron chi connectivity index (χ3n) is 3.12. The number of carbonyl (C=O) groups excluding carboxylic acids is 1. The topological polar surface area (TPSA) is 43.8 Å². The first kappa shape index (κ1) is 15.1. The van der Waals surface area contributed by atoms with Gasteiger partial charge in [-0.1, -0.05) is 23.2 Å². The molecule has 2 rings (SSSR count). The summed E-state index contributed by atoms with van der Waals surface area (Å²) >= 11 is 13.1. The third-order valence-corrected chi connectivity index (χ3v) is 4.60. The molecule has 0 aliphatic carbocycles. The van der Waals surface area contributed by atoms with E-state index in [9.17, 15) is 9.90 Å². The predicted octanol–water partition coefficient (Wildman–Crippen LogP) is 2.19. The van der Waals surface area contributed by atoms with Gasteiger partial charge in [0.1, 0.15) is 4.34 Å². The first-order valence-corrected chi connectivity index (χ1v) is 7.54. The van der Waals surface area contributed by atoms with E-state index in [4.69, 9.17) is 23.2 Å². The van der Waals surface area contributed by atoms with Gasteiger partial charge in [0.2, 0.25) is 0 Å². The van der Waals surface area contributed by atoms with Crippen molar-refractivity contribution in [3.63, 3.8) is 0 Å². The van der Waals surface area contributed by atoms with E-state index in [-0.39, 0.29) is 11.9 Å². The zero-order valence-electron chi connectivity index (χ0n) is 10.8. The van der Waals surface area contributed by atoms with Gasteiger partial charge in [0.05, 0.1) is 16.0 Å². The molecule has 1 saturated heterocycles. The highest BCUT2D eigenvalue weighted by atomic mass is 35.5. The Kier molecular flexibility index (Phi) is 4.74. The number of rotatable bonds is 3. The van der Waals surface area contributed by atoms with E-state index in [1.54, 1.807) is 11.0 Å². The number of hydrogen-bond donors (Lipinski definition) is 1. The molecule has 2 heterocycles. The molecule has 0 aromatic carbocycles. The van der Waals surface area contributed by atoms with Crippen molar-refractivity contribution in [2.75, 3.05) is 27.2 Å². The summed E-state index contributed by atoms with van der Waals surface area (Å²) in [5, 5.41) is 9.78. The molecule has 1 aliphatic heterocycles. The molecule has 0 bridgehead atoms. The molecule has 1 aliphatic rings. The second-order valence-electron chi connectivity index (χ2n) is 5.00. The summed E-state index contributed by atoms with van der Waals surface area (Å²) in [7, 11) is 3.89. The van der Waals surface area contributed by atoms with Crippen molar-refractivity contribution in [2.45, 2.75) is 18.6 Å². The van der Waals surface area contributed by atoms with Crippen LogP contribution in [0, 0.1) is 0 Å². The van der Waals surface area contributed by atoms with Gasteiger partial charge in [0.25, 0.3) is 5.91 Å². The second kappa shape index (κ2) is 5.97. The van der Waals surface area contributed by atoms with Gasteiger partial charge in [-0.05, 0) is 26.6 Å². The Morgan fingerprint density at radius 1 is 1.58 bits per heavy atom. The van der Waals surface area contributed by atoms with Gasteiger partial charge in [-0.3, -0.25) is 4.79 Å². The van der Waals surface area contributed by atoms with Crippen LogP contribution in [0.2, 0.25) is 8.67 Å². The lowest BCUT2D eigenvalue weighted by atomic mass is 10.2. The maximum absolute atomic E-state index is 12.5. The molecule has 7 heteroatoms. The van der Waals surface area contributed by atoms with Gasteiger partial charge in [-0.25, -0.2) is 0 Å². The van der Waals surface area contributed by atoms with Crippen LogP contribution in [-0.4, -0.2) is 60.1 Å². The van der Waals surface area contributed by atoms with Crippen LogP contribution in [0.25, 0.3) is 0 Å². The minimum Gasteiger partial charge on any atom is -0.391 e. The van der Waals surface area contributed by atoms with Gasteiger partial charge in [0.15, 0.2) is 0 Å². The Morgan fingerprint density at radius 2 is 2.26 bits per heavy atom. The highest BCUT2D eigenvalue weighted by molar-refractivity contribution is 7.20. The number of thiophene rings is 1. The summed E-state index contributed by atoms with van der Waals surface area (Å²) in [6, 6.07) is 1.60. The largest absolute Gasteiger partial charge is 0.391 e. The van der Waals surface area contributed by atoms with E-state index in [1.165, 1.54) is 11.3 Å². The first-order valence-electron chi connectivity index (χ1n) is 5.97. The van der Waals surface area contributed by atoms with Crippen LogP contribution in [0.4, 0.5) is 0 Å². The van der Waals surface area contributed by atoms with E-state index in [0.29, 0.717) is 27.2 Å². The van der Waals surface area contributed by atoms with E-state index in [0.717, 1.165) is 6.54 Å². The van der Waals surface area contributed by atoms with Crippen LogP contribution < -0.4 is 0 Å². The molecule has 1 aromatic rings. The zero-order chi connectivity index (χ0) is 14.2. The summed E-state index contributed by atoms with van der Waals surface area (Å²) < 4.78 is 0.900. The number of likely N-dealkylation sites (tertiary alicyclic amines) is 1. The second-order valence-corrected chi connectivity index (χ2v) is 7.29. The summed E-state index contributed by atoms with van der Waals surface area (Å²) in [4.78, 5) is 16.2. The predicted molar refractivity (Wildman–Crippen MR) is 78.3 cm³/mol. The van der Waals surface area contributed by atoms with Gasteiger partial charge in [0, 0.05) is 19.1 Å². The fourth-order valence-electron chi connectivity index (χ4n) is 2.38. The Labute approximate surface area is 126 Å². The van der Waals surface area contributed by atoms with E-state index >= 15 is 0 Å². The Hall–Kier alpha value is -0.330. The maximum Gasteiger partial charge on any atom is 0.256 e. The van der Waals surface area contributed by atoms with Crippen LogP contribution in [0.15, 0.2) is 6.07 Å². The van der Waals surface area contributed by atoms with Crippen molar-refractivity contribution < 1.29 is 9.90 Å². The van der Waals surface area contributed by atoms with Gasteiger partial charge >= 0.3 is 0 Å². The summed E-state index contributed by atoms with van der Waals surface area (Å²) in [5.74, 6) is -0.156. The molecule has 19 heavy (non-hydrogen) atoms. The molecule has 1 amide bonds. The van der Waals surface area contributed by atoms with Crippen molar-refractivity contribution in [3.05, 3.63) is 20.3 Å². The molecule has 0 radical (unpaired) electrons. The SMILES string of the molecule is CN(C)CC1CC(O)CN1C(=O)c1cc(Cl)sc1Cl. The lowest BCUT2D eigenvalue weighted by molar-refractivity contribution is 0.0700. The number of likely N-dealkylation sites (N-methyl/N-ethyl adjacent to an activating group) is 1. The van der Waals surface area contributed by atoms with Crippen LogP contribution in [0.3, 0.4) is 0 Å². The van der Waals surface area contributed by atoms with Crippen molar-refractivity contribution in [1.29, 1.82) is 0 Å². The molecular formula is C12H16Cl2N2O2S. The number of amides is 1. The van der Waals surface area contributed by atoms with E-state index < -0.39 is 6.10 Å². The van der Waals surface area contributed by atoms with Crippen LogP contribution in [-0.2, 0) is 0 Å². The Balaban J connectivity index is 2.19. The molecule has 0 saturated carbocycles. The number of aliphatic hydroxyl groups is 1. The highest BCUT2D eigenvalue weighted by Gasteiger charge is 2.35. The fraction of sp³-hybridized carbons (Fsp3) is 0.583. The van der Waals surface area contributed by atoms with Crippen molar-refractivity contribution in [3.8, 4) is 0 Å². The molecular weight excluding hydrogens is 307 g/mol. The van der Waals surface area contributed by atoms with Gasteiger partial charge < -0.3 is 14.9 Å². The van der Waals surface area contributed by atoms with Crippen molar-refractivity contribution in [1.82, 2.24) is 9.80 Å². The van der Waals surface area contributed by atoms with Gasteiger partial charge in [-0.15, -0.1) is 11.3 Å². The summed E-state index contributed by atoms with van der Waals surface area (Å²) in [6.07, 6.45) is 0.126. The van der Waals surface area contributed by atoms with Crippen LogP contribution in [0.1, 0.15) is 16.8 Å². The quantitative estimate of drug-likeness (QED) is 0.927. The molecule has 0 spiro atoms. The average Bonchev–Trinajstić information content (AvgIpc) is 2.80. The molecule has 2 atom stereocenters. The maximum atomic E-state index is 12.5. The van der Waals surface area contributed by atoms with Crippen LogP contribution >= 0.6 is 34.5 Å². The Bertz CT molecular complexity index is 478.